The predicted octanol–water partition coefficient (Wildman–Crippen LogP) is 1.52. The summed E-state index contributed by atoms with van der Waals surface area (Å²) in [7, 11) is 0. The first-order valence-electron chi connectivity index (χ1n) is 3.14. The van der Waals surface area contributed by atoms with Crippen molar-refractivity contribution >= 4 is 0 Å². The van der Waals surface area contributed by atoms with Crippen LogP contribution in [0.3, 0.4) is 0 Å². The van der Waals surface area contributed by atoms with Gasteiger partial charge in [0.05, 0.1) is 0 Å². The van der Waals surface area contributed by atoms with Gasteiger partial charge >= 0.3 is 0 Å². The second-order valence-electron chi connectivity index (χ2n) is 2.72. The highest BCUT2D eigenvalue weighted by Gasteiger charge is 2.19. The zero-order valence-corrected chi connectivity index (χ0v) is 5.57. The largest absolute Gasteiger partial charge is 0.386 e. The van der Waals surface area contributed by atoms with Crippen molar-refractivity contribution in [2.75, 3.05) is 0 Å². The molecular weight excluding hydrogens is 98.1 g/mol. The molecule has 0 aromatic rings. The molecule has 0 amide bonds. The lowest BCUT2D eigenvalue weighted by Crippen LogP contribution is -2.19. The van der Waals surface area contributed by atoms with Crippen molar-refractivity contribution in [2.24, 2.45) is 5.92 Å². The lowest BCUT2D eigenvalue weighted by atomic mass is 10.1. The molecule has 1 nitrogen and oxygen atoms in total. The minimum absolute atomic E-state index is 0.641. The van der Waals surface area contributed by atoms with Crippen LogP contribution in [0.4, 0.5) is 0 Å². The summed E-state index contributed by atoms with van der Waals surface area (Å²) in [6.07, 6.45) is 1.15. The van der Waals surface area contributed by atoms with Gasteiger partial charge in [0.15, 0.2) is 0 Å². The molecule has 0 saturated carbocycles. The van der Waals surface area contributed by atoms with Gasteiger partial charge in [-0.15, -0.1) is 0 Å². The first-order chi connectivity index (χ1) is 3.70. The van der Waals surface area contributed by atoms with E-state index in [-0.39, 0.29) is 0 Å². The number of nitrogens with one attached hydrogen (secondary N) is 1. The third-order valence-electron chi connectivity index (χ3n) is 1.85. The van der Waals surface area contributed by atoms with Crippen molar-refractivity contribution in [1.29, 1.82) is 0 Å². The van der Waals surface area contributed by atoms with Crippen LogP contribution in [0.25, 0.3) is 0 Å². The number of hydrogen-bond donors (Lipinski definition) is 1. The smallest absolute Gasteiger partial charge is 0.0259 e. The van der Waals surface area contributed by atoms with Crippen LogP contribution >= 0.6 is 0 Å². The van der Waals surface area contributed by atoms with E-state index < -0.39 is 0 Å². The van der Waals surface area contributed by atoms with E-state index in [1.165, 1.54) is 5.70 Å². The molecule has 46 valence electrons. The Balaban J connectivity index is 2.51. The Kier molecular flexibility index (Phi) is 1.28. The van der Waals surface area contributed by atoms with Gasteiger partial charge in [-0.2, -0.15) is 0 Å². The topological polar surface area (TPSA) is 12.0 Å². The molecule has 0 radical (unpaired) electrons. The number of hydrogen-bond acceptors (Lipinski definition) is 1. The van der Waals surface area contributed by atoms with E-state index in [0.29, 0.717) is 6.04 Å². The molecule has 0 aromatic carbocycles. The number of rotatable bonds is 0. The van der Waals surface area contributed by atoms with Gasteiger partial charge in [-0.1, -0.05) is 13.5 Å². The lowest BCUT2D eigenvalue weighted by molar-refractivity contribution is 0.519. The van der Waals surface area contributed by atoms with Crippen LogP contribution in [-0.4, -0.2) is 6.04 Å². The fourth-order valence-electron chi connectivity index (χ4n) is 1.09. The predicted molar refractivity (Wildman–Crippen MR) is 35.5 cm³/mol. The van der Waals surface area contributed by atoms with Gasteiger partial charge < -0.3 is 5.32 Å². The molecule has 1 rings (SSSR count). The summed E-state index contributed by atoms with van der Waals surface area (Å²) in [4.78, 5) is 0. The van der Waals surface area contributed by atoms with E-state index in [0.717, 1.165) is 12.3 Å². The average Bonchev–Trinajstić information content (AvgIpc) is 1.85. The van der Waals surface area contributed by atoms with Crippen molar-refractivity contribution in [1.82, 2.24) is 5.32 Å². The fourth-order valence-corrected chi connectivity index (χ4v) is 1.09. The minimum Gasteiger partial charge on any atom is -0.386 e. The molecule has 1 aliphatic rings. The maximum absolute atomic E-state index is 3.84. The monoisotopic (exact) mass is 111 g/mol. The summed E-state index contributed by atoms with van der Waals surface area (Å²) in [6.45, 7) is 8.29. The second kappa shape index (κ2) is 1.81. The molecule has 1 N–H and O–H groups in total. The van der Waals surface area contributed by atoms with Gasteiger partial charge in [0.25, 0.3) is 0 Å². The zero-order chi connectivity index (χ0) is 6.15. The van der Waals surface area contributed by atoms with Gasteiger partial charge in [0, 0.05) is 11.7 Å². The minimum atomic E-state index is 0.641. The average molecular weight is 111 g/mol. The maximum Gasteiger partial charge on any atom is 0.0259 e. The Hall–Kier alpha value is -0.460. The molecule has 1 aliphatic heterocycles. The Labute approximate surface area is 50.8 Å². The molecule has 0 aliphatic carbocycles. The van der Waals surface area contributed by atoms with Crippen molar-refractivity contribution in [2.45, 2.75) is 26.3 Å². The summed E-state index contributed by atoms with van der Waals surface area (Å²) < 4.78 is 0. The maximum atomic E-state index is 3.84. The molecule has 0 bridgehead atoms. The van der Waals surface area contributed by atoms with Gasteiger partial charge in [-0.3, -0.25) is 0 Å². The Morgan fingerprint density at radius 3 is 2.38 bits per heavy atom. The molecule has 1 fully saturated rings. The fraction of sp³-hybridized carbons (Fsp3) is 0.714. The van der Waals surface area contributed by atoms with Gasteiger partial charge in [0.1, 0.15) is 0 Å². The summed E-state index contributed by atoms with van der Waals surface area (Å²) in [5.41, 5.74) is 1.20. The van der Waals surface area contributed by atoms with Crippen LogP contribution in [0, 0.1) is 5.92 Å². The molecule has 2 unspecified atom stereocenters. The summed E-state index contributed by atoms with van der Waals surface area (Å²) in [6, 6.07) is 0.641. The Morgan fingerprint density at radius 2 is 2.25 bits per heavy atom. The molecule has 8 heavy (non-hydrogen) atoms. The number of allylic oxidation sites excluding steroid dienone is 1. The Morgan fingerprint density at radius 1 is 1.62 bits per heavy atom. The molecule has 1 saturated heterocycles. The van der Waals surface area contributed by atoms with E-state index >= 15 is 0 Å². The van der Waals surface area contributed by atoms with Crippen LogP contribution in [0.2, 0.25) is 0 Å². The van der Waals surface area contributed by atoms with Gasteiger partial charge in [0.2, 0.25) is 0 Å². The van der Waals surface area contributed by atoms with Gasteiger partial charge in [-0.25, -0.2) is 0 Å². The molecule has 0 spiro atoms. The highest BCUT2D eigenvalue weighted by Crippen LogP contribution is 2.19. The normalized spacial score (nSPS) is 37.5. The standard InChI is InChI=1S/C7H13N/c1-5-4-6(2)8-7(5)3/h5,7-8H,2,4H2,1,3H3. The van der Waals surface area contributed by atoms with Crippen molar-refractivity contribution in [3.63, 3.8) is 0 Å². The molecule has 1 heterocycles. The van der Waals surface area contributed by atoms with Crippen LogP contribution in [0.1, 0.15) is 20.3 Å². The first-order valence-corrected chi connectivity index (χ1v) is 3.14. The lowest BCUT2D eigenvalue weighted by Gasteiger charge is -2.06. The summed E-state index contributed by atoms with van der Waals surface area (Å²) >= 11 is 0. The van der Waals surface area contributed by atoms with Gasteiger partial charge in [-0.05, 0) is 19.3 Å². The third kappa shape index (κ3) is 0.857. The van der Waals surface area contributed by atoms with E-state index in [9.17, 15) is 0 Å². The van der Waals surface area contributed by atoms with Crippen molar-refractivity contribution in [3.05, 3.63) is 12.3 Å². The van der Waals surface area contributed by atoms with E-state index in [1.54, 1.807) is 0 Å². The van der Waals surface area contributed by atoms with E-state index in [4.69, 9.17) is 0 Å². The van der Waals surface area contributed by atoms with Crippen LogP contribution < -0.4 is 5.32 Å². The third-order valence-corrected chi connectivity index (χ3v) is 1.85. The SMILES string of the molecule is C=C1CC(C)C(C)N1. The van der Waals surface area contributed by atoms with Crippen LogP contribution in [-0.2, 0) is 0 Å². The molecular formula is C7H13N. The quantitative estimate of drug-likeness (QED) is 0.499. The molecule has 2 atom stereocenters. The van der Waals surface area contributed by atoms with E-state index in [1.807, 2.05) is 0 Å². The summed E-state index contributed by atoms with van der Waals surface area (Å²) in [5, 5.41) is 3.27. The van der Waals surface area contributed by atoms with Crippen LogP contribution in [0.5, 0.6) is 0 Å². The highest BCUT2D eigenvalue weighted by atomic mass is 15.0. The second-order valence-corrected chi connectivity index (χ2v) is 2.72. The first kappa shape index (κ1) is 5.67. The molecule has 1 heteroatoms. The highest BCUT2D eigenvalue weighted by molar-refractivity contribution is 5.02. The molecule has 0 aromatic heterocycles. The van der Waals surface area contributed by atoms with Crippen LogP contribution in [0.15, 0.2) is 12.3 Å². The van der Waals surface area contributed by atoms with Crippen molar-refractivity contribution < 1.29 is 0 Å². The van der Waals surface area contributed by atoms with E-state index in [2.05, 4.69) is 25.7 Å². The summed E-state index contributed by atoms with van der Waals surface area (Å²) in [5.74, 6) is 0.780. The Bertz CT molecular complexity index is 95.0. The zero-order valence-electron chi connectivity index (χ0n) is 5.57. The van der Waals surface area contributed by atoms with Crippen molar-refractivity contribution in [3.8, 4) is 0 Å².